The first-order chi connectivity index (χ1) is 9.87. The number of aromatic amines is 1. The van der Waals surface area contributed by atoms with Gasteiger partial charge in [-0.1, -0.05) is 6.42 Å². The van der Waals surface area contributed by atoms with Gasteiger partial charge in [0.25, 0.3) is 0 Å². The fourth-order valence-electron chi connectivity index (χ4n) is 4.25. The van der Waals surface area contributed by atoms with Crippen LogP contribution < -0.4 is 0 Å². The third-order valence-corrected chi connectivity index (χ3v) is 5.57. The summed E-state index contributed by atoms with van der Waals surface area (Å²) in [6.45, 7) is 6.29. The normalized spacial score (nSPS) is 32.2. The van der Waals surface area contributed by atoms with Gasteiger partial charge in [-0.2, -0.15) is 0 Å². The number of nitrogens with zero attached hydrogens (tertiary/aromatic N) is 3. The zero-order valence-corrected chi connectivity index (χ0v) is 12.3. The van der Waals surface area contributed by atoms with Crippen molar-refractivity contribution >= 4 is 0 Å². The van der Waals surface area contributed by atoms with Gasteiger partial charge in [0.2, 0.25) is 0 Å². The third-order valence-electron chi connectivity index (χ3n) is 5.57. The van der Waals surface area contributed by atoms with E-state index in [-0.39, 0.29) is 0 Å². The maximum absolute atomic E-state index is 4.15. The van der Waals surface area contributed by atoms with E-state index in [0.717, 1.165) is 24.4 Å². The summed E-state index contributed by atoms with van der Waals surface area (Å²) in [4.78, 5) is 12.9. The van der Waals surface area contributed by atoms with Crippen molar-refractivity contribution in [2.24, 2.45) is 11.8 Å². The Morgan fingerprint density at radius 2 is 2.10 bits per heavy atom. The lowest BCUT2D eigenvalue weighted by Gasteiger charge is -2.40. The average molecular weight is 274 g/mol. The number of hydrogen-bond acceptors (Lipinski definition) is 3. The molecule has 3 aliphatic heterocycles. The molecule has 4 heterocycles. The van der Waals surface area contributed by atoms with E-state index in [1.54, 1.807) is 6.33 Å². The molecule has 1 aromatic heterocycles. The second kappa shape index (κ2) is 5.49. The Balaban J connectivity index is 1.40. The Kier molecular flexibility index (Phi) is 3.52. The first-order valence-electron chi connectivity index (χ1n) is 8.30. The molecular weight excluding hydrogens is 248 g/mol. The molecule has 0 spiro atoms. The lowest BCUT2D eigenvalue weighted by molar-refractivity contribution is 0.0890. The van der Waals surface area contributed by atoms with Crippen molar-refractivity contribution in [1.29, 1.82) is 0 Å². The Labute approximate surface area is 121 Å². The molecule has 4 heteroatoms. The van der Waals surface area contributed by atoms with Crippen molar-refractivity contribution in [3.63, 3.8) is 0 Å². The quantitative estimate of drug-likeness (QED) is 0.913. The molecule has 0 unspecified atom stereocenters. The number of H-pyrrole nitrogens is 1. The molecule has 0 aromatic carbocycles. The third kappa shape index (κ3) is 2.63. The highest BCUT2D eigenvalue weighted by Crippen LogP contribution is 2.33. The first-order valence-corrected chi connectivity index (χ1v) is 8.30. The molecule has 110 valence electrons. The maximum atomic E-state index is 4.15. The van der Waals surface area contributed by atoms with Crippen LogP contribution in [0.3, 0.4) is 0 Å². The van der Waals surface area contributed by atoms with E-state index in [4.69, 9.17) is 0 Å². The molecular formula is C16H26N4. The summed E-state index contributed by atoms with van der Waals surface area (Å²) in [5.74, 6) is 1.90. The van der Waals surface area contributed by atoms with Gasteiger partial charge in [0.15, 0.2) is 0 Å². The molecule has 4 nitrogen and oxygen atoms in total. The molecule has 5 rings (SSSR count). The van der Waals surface area contributed by atoms with Gasteiger partial charge in [-0.05, 0) is 37.5 Å². The van der Waals surface area contributed by atoms with E-state index in [1.165, 1.54) is 64.0 Å². The maximum Gasteiger partial charge on any atom is 0.0922 e. The minimum absolute atomic E-state index is 0.803. The Morgan fingerprint density at radius 3 is 2.85 bits per heavy atom. The van der Waals surface area contributed by atoms with E-state index >= 15 is 0 Å². The molecule has 2 atom stereocenters. The van der Waals surface area contributed by atoms with Crippen LogP contribution in [0.5, 0.6) is 0 Å². The van der Waals surface area contributed by atoms with Gasteiger partial charge < -0.3 is 4.98 Å². The minimum Gasteiger partial charge on any atom is -0.347 e. The van der Waals surface area contributed by atoms with Crippen LogP contribution in [0.25, 0.3) is 0 Å². The van der Waals surface area contributed by atoms with Gasteiger partial charge in [-0.15, -0.1) is 0 Å². The number of rotatable bonds is 4. The van der Waals surface area contributed by atoms with Crippen molar-refractivity contribution < 1.29 is 0 Å². The highest BCUT2D eigenvalue weighted by atomic mass is 15.3. The SMILES string of the molecule is c1ncc(CN2C[C@@H]3CC[C@H](C2)N(CC2CCC2)C3)[nH]1. The molecule has 1 aliphatic carbocycles. The molecule has 1 saturated carbocycles. The number of fused-ring (bicyclic) bond motifs is 4. The fraction of sp³-hybridized carbons (Fsp3) is 0.812. The molecule has 3 saturated heterocycles. The van der Waals surface area contributed by atoms with Crippen molar-refractivity contribution in [2.45, 2.75) is 44.7 Å². The van der Waals surface area contributed by atoms with Crippen LogP contribution in [-0.2, 0) is 6.54 Å². The Morgan fingerprint density at radius 1 is 1.15 bits per heavy atom. The van der Waals surface area contributed by atoms with Crippen molar-refractivity contribution in [3.05, 3.63) is 18.2 Å². The standard InChI is InChI=1S/C16H26N4/c1-2-13(3-1)8-20-9-14-4-5-16(20)11-19(7-14)10-15-6-17-12-18-15/h6,12-14,16H,1-5,7-11H2,(H,17,18)/t14-,16+/m0/s1. The summed E-state index contributed by atoms with van der Waals surface area (Å²) in [5, 5.41) is 0. The van der Waals surface area contributed by atoms with Gasteiger partial charge in [-0.25, -0.2) is 4.98 Å². The molecule has 4 fully saturated rings. The topological polar surface area (TPSA) is 35.2 Å². The minimum atomic E-state index is 0.803. The van der Waals surface area contributed by atoms with E-state index in [0.29, 0.717) is 0 Å². The molecule has 2 bridgehead atoms. The molecule has 1 N–H and O–H groups in total. The van der Waals surface area contributed by atoms with Gasteiger partial charge in [0, 0.05) is 50.7 Å². The second-order valence-corrected chi connectivity index (χ2v) is 7.12. The fourth-order valence-corrected chi connectivity index (χ4v) is 4.25. The van der Waals surface area contributed by atoms with E-state index < -0.39 is 0 Å². The summed E-state index contributed by atoms with van der Waals surface area (Å²) >= 11 is 0. The van der Waals surface area contributed by atoms with Crippen LogP contribution in [-0.4, -0.2) is 52.0 Å². The van der Waals surface area contributed by atoms with Gasteiger partial charge >= 0.3 is 0 Å². The molecule has 0 radical (unpaired) electrons. The van der Waals surface area contributed by atoms with Crippen LogP contribution in [0.4, 0.5) is 0 Å². The van der Waals surface area contributed by atoms with Crippen LogP contribution in [0, 0.1) is 11.8 Å². The molecule has 20 heavy (non-hydrogen) atoms. The zero-order valence-electron chi connectivity index (χ0n) is 12.3. The van der Waals surface area contributed by atoms with Crippen LogP contribution in [0.15, 0.2) is 12.5 Å². The van der Waals surface area contributed by atoms with E-state index in [2.05, 4.69) is 19.8 Å². The van der Waals surface area contributed by atoms with Crippen LogP contribution >= 0.6 is 0 Å². The lowest BCUT2D eigenvalue weighted by Crippen LogP contribution is -2.46. The predicted molar refractivity (Wildman–Crippen MR) is 79.3 cm³/mol. The smallest absolute Gasteiger partial charge is 0.0922 e. The molecule has 1 aromatic rings. The number of imidazole rings is 1. The summed E-state index contributed by atoms with van der Waals surface area (Å²) < 4.78 is 0. The summed E-state index contributed by atoms with van der Waals surface area (Å²) in [7, 11) is 0. The van der Waals surface area contributed by atoms with Crippen LogP contribution in [0.2, 0.25) is 0 Å². The highest BCUT2D eigenvalue weighted by Gasteiger charge is 2.36. The Bertz CT molecular complexity index is 426. The number of nitrogens with one attached hydrogen (secondary N) is 1. The van der Waals surface area contributed by atoms with Gasteiger partial charge in [0.1, 0.15) is 0 Å². The van der Waals surface area contributed by atoms with Crippen molar-refractivity contribution in [3.8, 4) is 0 Å². The monoisotopic (exact) mass is 274 g/mol. The average Bonchev–Trinajstić information content (AvgIpc) is 2.75. The van der Waals surface area contributed by atoms with E-state index in [9.17, 15) is 0 Å². The molecule has 0 amide bonds. The summed E-state index contributed by atoms with van der Waals surface area (Å²) in [6.07, 6.45) is 11.0. The van der Waals surface area contributed by atoms with Crippen LogP contribution in [0.1, 0.15) is 37.8 Å². The van der Waals surface area contributed by atoms with Crippen molar-refractivity contribution in [1.82, 2.24) is 19.8 Å². The largest absolute Gasteiger partial charge is 0.347 e. The number of hydrogen-bond donors (Lipinski definition) is 1. The van der Waals surface area contributed by atoms with Gasteiger partial charge in [-0.3, -0.25) is 9.80 Å². The zero-order chi connectivity index (χ0) is 13.4. The highest BCUT2D eigenvalue weighted by molar-refractivity contribution is 4.97. The van der Waals surface area contributed by atoms with Crippen molar-refractivity contribution in [2.75, 3.05) is 26.2 Å². The predicted octanol–water partition coefficient (Wildman–Crippen LogP) is 2.11. The number of aromatic nitrogens is 2. The lowest BCUT2D eigenvalue weighted by atomic mass is 9.83. The van der Waals surface area contributed by atoms with Gasteiger partial charge in [0.05, 0.1) is 6.33 Å². The summed E-state index contributed by atoms with van der Waals surface area (Å²) in [5.41, 5.74) is 1.26. The first kappa shape index (κ1) is 12.8. The number of piperidine rings is 1. The Hall–Kier alpha value is -0.870. The second-order valence-electron chi connectivity index (χ2n) is 7.12. The molecule has 4 aliphatic rings. The summed E-state index contributed by atoms with van der Waals surface area (Å²) in [6, 6.07) is 0.803. The van der Waals surface area contributed by atoms with E-state index in [1.807, 2.05) is 6.20 Å².